The molecule has 2 saturated carbocycles. The third-order valence-electron chi connectivity index (χ3n) is 4.31. The molecule has 1 aliphatic heterocycles. The van der Waals surface area contributed by atoms with Crippen molar-refractivity contribution in [2.75, 3.05) is 6.54 Å². The van der Waals surface area contributed by atoms with Gasteiger partial charge >= 0.3 is 0 Å². The average molecular weight is 194 g/mol. The number of hydrogen-bond acceptors (Lipinski definition) is 2. The predicted octanol–water partition coefficient (Wildman–Crippen LogP) is 0.953. The van der Waals surface area contributed by atoms with Crippen LogP contribution in [0.2, 0.25) is 0 Å². The molecule has 1 N–H and O–H groups in total. The first-order valence-corrected chi connectivity index (χ1v) is 5.80. The summed E-state index contributed by atoms with van der Waals surface area (Å²) in [4.78, 5) is 13.8. The summed E-state index contributed by atoms with van der Waals surface area (Å²) in [6, 6.07) is 0.561. The van der Waals surface area contributed by atoms with Crippen LogP contribution in [0.25, 0.3) is 0 Å². The second kappa shape index (κ2) is 2.96. The highest BCUT2D eigenvalue weighted by molar-refractivity contribution is 5.81. The van der Waals surface area contributed by atoms with Crippen LogP contribution in [0, 0.1) is 11.8 Å². The van der Waals surface area contributed by atoms with Crippen molar-refractivity contribution in [2.45, 2.75) is 44.8 Å². The van der Waals surface area contributed by atoms with Crippen molar-refractivity contribution in [3.05, 3.63) is 0 Å². The summed E-state index contributed by atoms with van der Waals surface area (Å²) in [6.07, 6.45) is 5.67. The second-order valence-electron chi connectivity index (χ2n) is 5.10. The van der Waals surface area contributed by atoms with Crippen LogP contribution < -0.4 is 5.32 Å². The Kier molecular flexibility index (Phi) is 1.84. The quantitative estimate of drug-likeness (QED) is 0.674. The van der Waals surface area contributed by atoms with Gasteiger partial charge in [0.2, 0.25) is 5.91 Å². The summed E-state index contributed by atoms with van der Waals surface area (Å²) in [6.45, 7) is 2.66. The van der Waals surface area contributed by atoms with Gasteiger partial charge in [0.15, 0.2) is 0 Å². The molecule has 1 saturated heterocycles. The van der Waals surface area contributed by atoms with Crippen molar-refractivity contribution in [1.82, 2.24) is 10.2 Å². The van der Waals surface area contributed by atoms with E-state index in [-0.39, 0.29) is 6.17 Å². The van der Waals surface area contributed by atoms with E-state index in [2.05, 4.69) is 17.1 Å². The van der Waals surface area contributed by atoms with Gasteiger partial charge in [0.05, 0.1) is 12.7 Å². The average Bonchev–Trinajstić information content (AvgIpc) is 2.81. The van der Waals surface area contributed by atoms with Crippen LogP contribution in [0.5, 0.6) is 0 Å². The summed E-state index contributed by atoms with van der Waals surface area (Å²) in [5.41, 5.74) is 0. The number of carbonyl (C=O) groups excluding carboxylic acids is 1. The van der Waals surface area contributed by atoms with E-state index >= 15 is 0 Å². The maximum Gasteiger partial charge on any atom is 0.238 e. The van der Waals surface area contributed by atoms with Crippen LogP contribution in [-0.2, 0) is 4.79 Å². The molecular weight excluding hydrogens is 176 g/mol. The minimum atomic E-state index is 0.270. The fourth-order valence-electron chi connectivity index (χ4n) is 3.66. The summed E-state index contributed by atoms with van der Waals surface area (Å²) in [7, 11) is 0. The molecule has 0 aromatic rings. The fourth-order valence-corrected chi connectivity index (χ4v) is 3.66. The molecule has 0 aromatic carbocycles. The van der Waals surface area contributed by atoms with Crippen molar-refractivity contribution in [3.63, 3.8) is 0 Å². The van der Waals surface area contributed by atoms with E-state index in [1.807, 2.05) is 0 Å². The molecule has 3 rings (SSSR count). The van der Waals surface area contributed by atoms with Gasteiger partial charge in [0.1, 0.15) is 0 Å². The van der Waals surface area contributed by atoms with Gasteiger partial charge in [-0.25, -0.2) is 0 Å². The van der Waals surface area contributed by atoms with E-state index in [0.29, 0.717) is 18.5 Å². The molecule has 14 heavy (non-hydrogen) atoms. The Morgan fingerprint density at radius 3 is 2.71 bits per heavy atom. The summed E-state index contributed by atoms with van der Waals surface area (Å²) >= 11 is 0. The zero-order valence-corrected chi connectivity index (χ0v) is 8.70. The number of amides is 1. The smallest absolute Gasteiger partial charge is 0.238 e. The Labute approximate surface area is 84.8 Å². The first-order chi connectivity index (χ1) is 6.75. The van der Waals surface area contributed by atoms with Crippen molar-refractivity contribution >= 4 is 5.91 Å². The largest absolute Gasteiger partial charge is 0.323 e. The van der Waals surface area contributed by atoms with Crippen LogP contribution in [-0.4, -0.2) is 29.6 Å². The molecule has 0 radical (unpaired) electrons. The Bertz CT molecular complexity index is 266. The van der Waals surface area contributed by atoms with E-state index < -0.39 is 0 Å². The van der Waals surface area contributed by atoms with Gasteiger partial charge in [-0.1, -0.05) is 6.42 Å². The highest BCUT2D eigenvalue weighted by Crippen LogP contribution is 2.47. The van der Waals surface area contributed by atoms with E-state index in [4.69, 9.17) is 0 Å². The minimum Gasteiger partial charge on any atom is -0.323 e. The lowest BCUT2D eigenvalue weighted by molar-refractivity contribution is -0.131. The number of nitrogens with zero attached hydrogens (tertiary/aromatic N) is 1. The minimum absolute atomic E-state index is 0.270. The first kappa shape index (κ1) is 8.72. The molecular formula is C11H18N2O. The van der Waals surface area contributed by atoms with Gasteiger partial charge in [-0.2, -0.15) is 0 Å². The Balaban J connectivity index is 1.79. The molecule has 3 fully saturated rings. The van der Waals surface area contributed by atoms with Gasteiger partial charge in [0, 0.05) is 6.04 Å². The fraction of sp³-hybridized carbons (Fsp3) is 0.909. The molecule has 3 aliphatic rings. The molecule has 4 unspecified atom stereocenters. The molecule has 3 nitrogen and oxygen atoms in total. The lowest BCUT2D eigenvalue weighted by Gasteiger charge is -2.34. The monoisotopic (exact) mass is 194 g/mol. The summed E-state index contributed by atoms with van der Waals surface area (Å²) < 4.78 is 0. The van der Waals surface area contributed by atoms with Crippen LogP contribution in [0.4, 0.5) is 0 Å². The van der Waals surface area contributed by atoms with Crippen molar-refractivity contribution in [1.29, 1.82) is 0 Å². The van der Waals surface area contributed by atoms with Gasteiger partial charge in [0.25, 0.3) is 0 Å². The first-order valence-electron chi connectivity index (χ1n) is 5.80. The SMILES string of the molecule is CC1NCC(=O)N1C1CC2CCC1C2. The van der Waals surface area contributed by atoms with E-state index in [1.54, 1.807) is 0 Å². The van der Waals surface area contributed by atoms with E-state index in [9.17, 15) is 4.79 Å². The number of hydrogen-bond donors (Lipinski definition) is 1. The second-order valence-corrected chi connectivity index (χ2v) is 5.10. The molecule has 78 valence electrons. The summed E-state index contributed by atoms with van der Waals surface area (Å²) in [5.74, 6) is 2.05. The molecule has 0 spiro atoms. The van der Waals surface area contributed by atoms with Crippen molar-refractivity contribution in [3.8, 4) is 0 Å². The standard InChI is InChI=1S/C11H18N2O/c1-7-12-6-11(14)13(7)10-5-8-2-3-9(10)4-8/h7-10,12H,2-6H2,1H3. The number of nitrogens with one attached hydrogen (secondary N) is 1. The van der Waals surface area contributed by atoms with Gasteiger partial charge in [-0.05, 0) is 38.0 Å². The lowest BCUT2D eigenvalue weighted by Crippen LogP contribution is -2.45. The Morgan fingerprint density at radius 1 is 1.36 bits per heavy atom. The highest BCUT2D eigenvalue weighted by Gasteiger charge is 2.46. The van der Waals surface area contributed by atoms with E-state index in [1.165, 1.54) is 25.7 Å². The normalized spacial score (nSPS) is 46.6. The zero-order chi connectivity index (χ0) is 9.71. The van der Waals surface area contributed by atoms with Crippen LogP contribution in [0.1, 0.15) is 32.6 Å². The van der Waals surface area contributed by atoms with Gasteiger partial charge in [-0.3, -0.25) is 10.1 Å². The third kappa shape index (κ3) is 1.11. The molecule has 3 heteroatoms. The molecule has 2 aliphatic carbocycles. The van der Waals surface area contributed by atoms with Crippen molar-refractivity contribution in [2.24, 2.45) is 11.8 Å². The van der Waals surface area contributed by atoms with E-state index in [0.717, 1.165) is 11.8 Å². The zero-order valence-electron chi connectivity index (χ0n) is 8.70. The van der Waals surface area contributed by atoms with Crippen LogP contribution in [0.3, 0.4) is 0 Å². The molecule has 4 atom stereocenters. The number of carbonyl (C=O) groups is 1. The predicted molar refractivity (Wildman–Crippen MR) is 53.5 cm³/mol. The maximum atomic E-state index is 11.7. The Hall–Kier alpha value is -0.570. The summed E-state index contributed by atoms with van der Waals surface area (Å²) in [5, 5.41) is 3.23. The molecule has 0 aromatic heterocycles. The van der Waals surface area contributed by atoms with Gasteiger partial charge < -0.3 is 4.90 Å². The molecule has 1 amide bonds. The van der Waals surface area contributed by atoms with Crippen LogP contribution in [0.15, 0.2) is 0 Å². The maximum absolute atomic E-state index is 11.7. The van der Waals surface area contributed by atoms with Crippen LogP contribution >= 0.6 is 0 Å². The molecule has 1 heterocycles. The van der Waals surface area contributed by atoms with Gasteiger partial charge in [-0.15, -0.1) is 0 Å². The number of fused-ring (bicyclic) bond motifs is 2. The third-order valence-corrected chi connectivity index (χ3v) is 4.31. The molecule has 2 bridgehead atoms. The number of rotatable bonds is 1. The topological polar surface area (TPSA) is 32.3 Å². The Morgan fingerprint density at radius 2 is 2.21 bits per heavy atom. The lowest BCUT2D eigenvalue weighted by atomic mass is 9.94. The van der Waals surface area contributed by atoms with Crippen molar-refractivity contribution < 1.29 is 4.79 Å². The highest BCUT2D eigenvalue weighted by atomic mass is 16.2.